The number of phosphoric acid groups is 1. The fourth-order valence-electron chi connectivity index (χ4n) is 14.4. The third-order valence-corrected chi connectivity index (χ3v) is 22.5. The molecule has 0 aliphatic carbocycles. The molecular weight excluding hydrogens is 1330 g/mol. The second-order valence-electron chi connectivity index (χ2n) is 33.4. The van der Waals surface area contributed by atoms with Gasteiger partial charge >= 0.3 is 19.8 Å². The normalized spacial score (nSPS) is 13.2. The number of carbonyl (C=O) groups excluding carboxylic acids is 2. The van der Waals surface area contributed by atoms with Crippen molar-refractivity contribution in [3.8, 4) is 0 Å². The molecule has 0 saturated heterocycles. The van der Waals surface area contributed by atoms with E-state index >= 15 is 0 Å². The van der Waals surface area contributed by atoms with Crippen molar-refractivity contribution in [2.45, 2.75) is 495 Å². The maximum absolute atomic E-state index is 13.0. The Balaban J connectivity index is 3.81. The fraction of sp³-hybridized carbons (Fsp3) is 0.875. The van der Waals surface area contributed by atoms with E-state index in [9.17, 15) is 19.0 Å². The summed E-state index contributed by atoms with van der Waals surface area (Å²) in [5.74, 6) is -0.767. The van der Waals surface area contributed by atoms with Crippen LogP contribution in [0.15, 0.2) is 60.8 Å². The van der Waals surface area contributed by atoms with Gasteiger partial charge in [-0.25, -0.2) is 4.57 Å². The van der Waals surface area contributed by atoms with E-state index in [1.807, 2.05) is 21.1 Å². The number of esters is 2. The molecule has 0 heterocycles. The first-order valence-electron chi connectivity index (χ1n) is 47.0. The van der Waals surface area contributed by atoms with Gasteiger partial charge in [0.25, 0.3) is 0 Å². The standard InChI is InChI=1S/C96H182NO8P/c1-6-8-10-12-14-16-18-20-22-24-26-28-30-32-34-36-38-40-42-44-46-48-50-52-54-56-58-60-62-64-66-68-70-72-74-76-78-80-82-84-86-88-95(98)102-92-94(93-104-106(100,101)103-91-90-97(3,4)5)105-96(99)89-87-85-83-81-79-77-75-73-71-69-67-65-63-61-59-57-55-53-51-49-47-45-43-41-39-37-35-33-31-29-27-25-23-21-19-17-15-13-11-9-7-2/h9,11,15,17,21,23-24,26-27,29,94H,6-8,10,12-14,16,18-20,22,25,28,30-93H2,1-5H3/p+1/b11-9-,17-15-,23-21-,26-24-,29-27-. The molecule has 10 heteroatoms. The number of phosphoric ester groups is 1. The Morgan fingerprint density at radius 1 is 0.302 bits per heavy atom. The van der Waals surface area contributed by atoms with Gasteiger partial charge in [-0.2, -0.15) is 0 Å². The van der Waals surface area contributed by atoms with E-state index in [-0.39, 0.29) is 25.6 Å². The number of carbonyl (C=O) groups is 2. The van der Waals surface area contributed by atoms with Gasteiger partial charge in [-0.05, 0) is 77.0 Å². The van der Waals surface area contributed by atoms with Crippen LogP contribution in [-0.2, 0) is 32.7 Å². The van der Waals surface area contributed by atoms with Crippen molar-refractivity contribution in [1.29, 1.82) is 0 Å². The van der Waals surface area contributed by atoms with Crippen LogP contribution in [-0.4, -0.2) is 74.9 Å². The Hall–Kier alpha value is -2.29. The molecule has 624 valence electrons. The van der Waals surface area contributed by atoms with E-state index in [0.717, 1.165) is 57.8 Å². The molecule has 1 N–H and O–H groups in total. The van der Waals surface area contributed by atoms with E-state index in [2.05, 4.69) is 74.6 Å². The molecule has 2 atom stereocenters. The van der Waals surface area contributed by atoms with Gasteiger partial charge in [-0.1, -0.05) is 460 Å². The van der Waals surface area contributed by atoms with Gasteiger partial charge in [0.1, 0.15) is 19.8 Å². The number of hydrogen-bond acceptors (Lipinski definition) is 7. The van der Waals surface area contributed by atoms with Crippen LogP contribution >= 0.6 is 7.82 Å². The largest absolute Gasteiger partial charge is 0.472 e. The van der Waals surface area contributed by atoms with Gasteiger partial charge in [0.2, 0.25) is 0 Å². The van der Waals surface area contributed by atoms with E-state index in [0.29, 0.717) is 23.9 Å². The number of quaternary nitrogens is 1. The molecule has 9 nitrogen and oxygen atoms in total. The average molecular weight is 1510 g/mol. The smallest absolute Gasteiger partial charge is 0.462 e. The monoisotopic (exact) mass is 1510 g/mol. The van der Waals surface area contributed by atoms with Crippen LogP contribution < -0.4 is 0 Å². The number of allylic oxidation sites excluding steroid dienone is 10. The Bertz CT molecular complexity index is 1980. The summed E-state index contributed by atoms with van der Waals surface area (Å²) in [6.45, 7) is 4.41. The minimum Gasteiger partial charge on any atom is -0.462 e. The molecule has 0 fully saturated rings. The number of hydrogen-bond donors (Lipinski definition) is 1. The average Bonchev–Trinajstić information content (AvgIpc) is 0.908. The summed E-state index contributed by atoms with van der Waals surface area (Å²) in [4.78, 5) is 36.1. The van der Waals surface area contributed by atoms with Gasteiger partial charge in [0.05, 0.1) is 27.7 Å². The predicted molar refractivity (Wildman–Crippen MR) is 464 cm³/mol. The third-order valence-electron chi connectivity index (χ3n) is 21.5. The molecule has 0 aliphatic rings. The highest BCUT2D eigenvalue weighted by Gasteiger charge is 2.27. The fourth-order valence-corrected chi connectivity index (χ4v) is 15.2. The number of unbranched alkanes of at least 4 members (excludes halogenated alkanes) is 65. The van der Waals surface area contributed by atoms with Crippen molar-refractivity contribution in [3.63, 3.8) is 0 Å². The zero-order valence-corrected chi connectivity index (χ0v) is 72.6. The minimum atomic E-state index is -4.40. The van der Waals surface area contributed by atoms with Crippen molar-refractivity contribution in [2.24, 2.45) is 0 Å². The molecule has 0 aromatic heterocycles. The molecule has 0 aromatic rings. The second kappa shape index (κ2) is 86.7. The van der Waals surface area contributed by atoms with Crippen LogP contribution in [0, 0.1) is 0 Å². The van der Waals surface area contributed by atoms with Gasteiger partial charge in [0.15, 0.2) is 6.10 Å². The molecule has 0 bridgehead atoms. The molecule has 0 amide bonds. The molecule has 0 saturated carbocycles. The molecule has 0 rings (SSSR count). The first-order valence-corrected chi connectivity index (χ1v) is 48.5. The first-order chi connectivity index (χ1) is 52.0. The van der Waals surface area contributed by atoms with Crippen LogP contribution in [0.5, 0.6) is 0 Å². The maximum atomic E-state index is 13.0. The summed E-state index contributed by atoms with van der Waals surface area (Å²) < 4.78 is 34.9. The second-order valence-corrected chi connectivity index (χ2v) is 34.8. The topological polar surface area (TPSA) is 108 Å². The van der Waals surface area contributed by atoms with Crippen molar-refractivity contribution >= 4 is 19.8 Å². The number of nitrogens with zero attached hydrogens (tertiary/aromatic N) is 1. The van der Waals surface area contributed by atoms with Crippen LogP contribution in [0.1, 0.15) is 489 Å². The lowest BCUT2D eigenvalue weighted by atomic mass is 10.0. The first kappa shape index (κ1) is 104. The minimum absolute atomic E-state index is 0.0353. The summed E-state index contributed by atoms with van der Waals surface area (Å²) in [5.41, 5.74) is 0. The van der Waals surface area contributed by atoms with Crippen LogP contribution in [0.3, 0.4) is 0 Å². The predicted octanol–water partition coefficient (Wildman–Crippen LogP) is 32.0. The van der Waals surface area contributed by atoms with Gasteiger partial charge < -0.3 is 18.9 Å². The molecule has 0 spiro atoms. The molecule has 0 radical (unpaired) electrons. The van der Waals surface area contributed by atoms with Gasteiger partial charge in [-0.15, -0.1) is 0 Å². The summed E-state index contributed by atoms with van der Waals surface area (Å²) in [6, 6.07) is 0. The van der Waals surface area contributed by atoms with Crippen molar-refractivity contribution in [1.82, 2.24) is 0 Å². The van der Waals surface area contributed by atoms with Gasteiger partial charge in [-0.3, -0.25) is 18.6 Å². The zero-order chi connectivity index (χ0) is 76.8. The van der Waals surface area contributed by atoms with E-state index < -0.39 is 26.5 Å². The van der Waals surface area contributed by atoms with Gasteiger partial charge in [0, 0.05) is 12.8 Å². The Kier molecular flexibility index (Phi) is 84.8. The lowest BCUT2D eigenvalue weighted by Gasteiger charge is -2.24. The number of likely N-dealkylation sites (N-methyl/N-ethyl adjacent to an activating group) is 1. The summed E-state index contributed by atoms with van der Waals surface area (Å²) in [6.07, 6.45) is 119. The maximum Gasteiger partial charge on any atom is 0.472 e. The molecule has 2 unspecified atom stereocenters. The summed E-state index contributed by atoms with van der Waals surface area (Å²) in [7, 11) is 1.51. The number of rotatable bonds is 89. The molecule has 0 aliphatic heterocycles. The van der Waals surface area contributed by atoms with Crippen molar-refractivity contribution in [2.75, 3.05) is 47.5 Å². The highest BCUT2D eigenvalue weighted by atomic mass is 31.2. The summed E-state index contributed by atoms with van der Waals surface area (Å²) >= 11 is 0. The lowest BCUT2D eigenvalue weighted by molar-refractivity contribution is -0.870. The highest BCUT2D eigenvalue weighted by molar-refractivity contribution is 7.47. The Morgan fingerprint density at radius 3 is 0.811 bits per heavy atom. The lowest BCUT2D eigenvalue weighted by Crippen LogP contribution is -2.37. The number of ether oxygens (including phenoxy) is 2. The van der Waals surface area contributed by atoms with Crippen LogP contribution in [0.2, 0.25) is 0 Å². The SMILES string of the molecule is CC/C=C\C/C=C\C/C=C\C/C=C\CCCCCCCCCCCCCCCCCCCCCCCCCCCCCCC(=O)OC(COC(=O)CCCCCCCCCCCCCCCCCCCCCCCCCCCCCCC/C=C\CCCCCCCCCC)COP(=O)(O)OCC[N+](C)(C)C. The van der Waals surface area contributed by atoms with E-state index in [1.165, 1.54) is 398 Å². The van der Waals surface area contributed by atoms with Crippen molar-refractivity contribution < 1.29 is 42.1 Å². The Labute approximate surface area is 661 Å². The zero-order valence-electron chi connectivity index (χ0n) is 71.7. The van der Waals surface area contributed by atoms with Crippen molar-refractivity contribution in [3.05, 3.63) is 60.8 Å². The Morgan fingerprint density at radius 2 is 0.538 bits per heavy atom. The molecule has 0 aromatic carbocycles. The van der Waals surface area contributed by atoms with Crippen LogP contribution in [0.4, 0.5) is 0 Å². The third kappa shape index (κ3) is 90.6. The molecule has 106 heavy (non-hydrogen) atoms. The van der Waals surface area contributed by atoms with E-state index in [1.54, 1.807) is 0 Å². The summed E-state index contributed by atoms with van der Waals surface area (Å²) in [5, 5.41) is 0. The quantitative estimate of drug-likeness (QED) is 0.0211. The van der Waals surface area contributed by atoms with Crippen LogP contribution in [0.25, 0.3) is 0 Å². The molecular formula is C96H183NO8P+. The van der Waals surface area contributed by atoms with E-state index in [4.69, 9.17) is 18.5 Å². The highest BCUT2D eigenvalue weighted by Crippen LogP contribution is 2.43.